The fraction of sp³-hybridized carbons (Fsp3) is 0.375. The first-order chi connectivity index (χ1) is 11.1. The number of phenols is 1. The predicted molar refractivity (Wildman–Crippen MR) is 89.1 cm³/mol. The van der Waals surface area contributed by atoms with Gasteiger partial charge in [-0.05, 0) is 48.8 Å². The van der Waals surface area contributed by atoms with E-state index in [1.54, 1.807) is 18.2 Å². The number of nitrogens with one attached hydrogen (secondary N) is 1. The molecule has 7 heteroatoms. The van der Waals surface area contributed by atoms with Gasteiger partial charge in [0.05, 0.1) is 19.8 Å². The number of carbonyl (C=O) groups excluding carboxylic acids is 1. The lowest BCUT2D eigenvalue weighted by Gasteiger charge is -2.18. The van der Waals surface area contributed by atoms with Crippen molar-refractivity contribution in [2.75, 3.05) is 20.3 Å². The SMILES string of the molecule is COc1cc(/C=C2\NC(=S)N(C[C@@H]3CCCO3)C2=O)ccc1O. The van der Waals surface area contributed by atoms with Crippen molar-refractivity contribution in [3.05, 3.63) is 29.5 Å². The summed E-state index contributed by atoms with van der Waals surface area (Å²) in [5, 5.41) is 12.9. The number of benzene rings is 1. The number of amides is 1. The molecule has 0 spiro atoms. The van der Waals surface area contributed by atoms with E-state index in [2.05, 4.69) is 5.32 Å². The number of hydrogen-bond acceptors (Lipinski definition) is 5. The Kier molecular flexibility index (Phi) is 4.49. The van der Waals surface area contributed by atoms with Crippen molar-refractivity contribution < 1.29 is 19.4 Å². The lowest BCUT2D eigenvalue weighted by Crippen LogP contribution is -2.37. The van der Waals surface area contributed by atoms with E-state index < -0.39 is 0 Å². The maximum atomic E-state index is 12.5. The third-order valence-electron chi connectivity index (χ3n) is 3.89. The van der Waals surface area contributed by atoms with Crippen LogP contribution in [-0.4, -0.2) is 47.4 Å². The van der Waals surface area contributed by atoms with Gasteiger partial charge in [-0.1, -0.05) is 6.07 Å². The second kappa shape index (κ2) is 6.55. The molecule has 122 valence electrons. The monoisotopic (exact) mass is 334 g/mol. The van der Waals surface area contributed by atoms with E-state index in [-0.39, 0.29) is 17.8 Å². The van der Waals surface area contributed by atoms with Gasteiger partial charge in [0.25, 0.3) is 5.91 Å². The maximum absolute atomic E-state index is 12.5. The molecule has 6 nitrogen and oxygen atoms in total. The van der Waals surface area contributed by atoms with Crippen LogP contribution in [0.5, 0.6) is 11.5 Å². The van der Waals surface area contributed by atoms with Crippen molar-refractivity contribution in [1.82, 2.24) is 10.2 Å². The van der Waals surface area contributed by atoms with Gasteiger partial charge >= 0.3 is 0 Å². The minimum atomic E-state index is -0.169. The Balaban J connectivity index is 1.78. The number of nitrogens with zero attached hydrogens (tertiary/aromatic N) is 1. The quantitative estimate of drug-likeness (QED) is 0.644. The number of rotatable bonds is 4. The lowest BCUT2D eigenvalue weighted by molar-refractivity contribution is -0.123. The molecule has 2 N–H and O–H groups in total. The van der Waals surface area contributed by atoms with Crippen LogP contribution in [-0.2, 0) is 9.53 Å². The Labute approximate surface area is 139 Å². The average Bonchev–Trinajstić information content (AvgIpc) is 3.14. The van der Waals surface area contributed by atoms with E-state index in [1.165, 1.54) is 18.1 Å². The molecule has 1 amide bonds. The summed E-state index contributed by atoms with van der Waals surface area (Å²) in [4.78, 5) is 14.0. The van der Waals surface area contributed by atoms with Gasteiger partial charge in [0.15, 0.2) is 16.6 Å². The molecular weight excluding hydrogens is 316 g/mol. The second-order valence-corrected chi connectivity index (χ2v) is 5.86. The van der Waals surface area contributed by atoms with Gasteiger partial charge in [-0.3, -0.25) is 9.69 Å². The first-order valence-corrected chi connectivity index (χ1v) is 7.82. The summed E-state index contributed by atoms with van der Waals surface area (Å²) in [6, 6.07) is 4.88. The van der Waals surface area contributed by atoms with Crippen LogP contribution in [0.1, 0.15) is 18.4 Å². The Morgan fingerprint density at radius 1 is 1.57 bits per heavy atom. The van der Waals surface area contributed by atoms with E-state index >= 15 is 0 Å². The molecule has 2 aliphatic rings. The first-order valence-electron chi connectivity index (χ1n) is 7.41. The van der Waals surface area contributed by atoms with E-state index in [0.717, 1.165) is 25.0 Å². The molecule has 0 aromatic heterocycles. The number of ether oxygens (including phenoxy) is 2. The Hall–Kier alpha value is -2.12. The third kappa shape index (κ3) is 3.30. The molecule has 23 heavy (non-hydrogen) atoms. The summed E-state index contributed by atoms with van der Waals surface area (Å²) in [6.45, 7) is 1.21. The molecule has 1 aromatic carbocycles. The highest BCUT2D eigenvalue weighted by Crippen LogP contribution is 2.27. The number of phenolic OH excluding ortho intramolecular Hbond substituents is 1. The zero-order valence-corrected chi connectivity index (χ0v) is 13.6. The number of thiocarbonyl (C=S) groups is 1. The van der Waals surface area contributed by atoms with Crippen LogP contribution in [0.4, 0.5) is 0 Å². The Morgan fingerprint density at radius 2 is 2.39 bits per heavy atom. The van der Waals surface area contributed by atoms with Gasteiger partial charge in [-0.2, -0.15) is 0 Å². The fourth-order valence-corrected chi connectivity index (χ4v) is 2.95. The molecule has 0 bridgehead atoms. The number of hydrogen-bond donors (Lipinski definition) is 2. The molecule has 3 rings (SSSR count). The zero-order valence-electron chi connectivity index (χ0n) is 12.7. The summed E-state index contributed by atoms with van der Waals surface area (Å²) in [5.41, 5.74) is 1.14. The Bertz CT molecular complexity index is 668. The fourth-order valence-electron chi connectivity index (χ4n) is 2.68. The standard InChI is InChI=1S/C16H18N2O4S/c1-21-14-8-10(4-5-13(14)19)7-12-15(20)18(16(23)17-12)9-11-3-2-6-22-11/h4-5,7-8,11,19H,2-3,6,9H2,1H3,(H,17,23)/b12-7-/t11-/m0/s1. The molecule has 0 unspecified atom stereocenters. The van der Waals surface area contributed by atoms with Crippen LogP contribution in [0.15, 0.2) is 23.9 Å². The van der Waals surface area contributed by atoms with Crippen molar-refractivity contribution in [2.24, 2.45) is 0 Å². The number of aromatic hydroxyl groups is 1. The normalized spacial score (nSPS) is 22.7. The van der Waals surface area contributed by atoms with E-state index in [1.807, 2.05) is 0 Å². The third-order valence-corrected chi connectivity index (χ3v) is 4.21. The van der Waals surface area contributed by atoms with Crippen molar-refractivity contribution in [1.29, 1.82) is 0 Å². The van der Waals surface area contributed by atoms with Crippen LogP contribution in [0, 0.1) is 0 Å². The van der Waals surface area contributed by atoms with Gasteiger partial charge < -0.3 is 19.9 Å². The van der Waals surface area contributed by atoms with Crippen LogP contribution in [0.3, 0.4) is 0 Å². The summed E-state index contributed by atoms with van der Waals surface area (Å²) in [6.07, 6.45) is 3.70. The average molecular weight is 334 g/mol. The van der Waals surface area contributed by atoms with Gasteiger partial charge in [-0.25, -0.2) is 0 Å². The van der Waals surface area contributed by atoms with Crippen LogP contribution in [0.2, 0.25) is 0 Å². The zero-order chi connectivity index (χ0) is 16.4. The minimum Gasteiger partial charge on any atom is -0.504 e. The summed E-state index contributed by atoms with van der Waals surface area (Å²) in [7, 11) is 1.48. The van der Waals surface area contributed by atoms with E-state index in [9.17, 15) is 9.90 Å². The lowest BCUT2D eigenvalue weighted by atomic mass is 10.1. The van der Waals surface area contributed by atoms with E-state index in [4.69, 9.17) is 21.7 Å². The predicted octanol–water partition coefficient (Wildman–Crippen LogP) is 1.64. The molecule has 0 aliphatic carbocycles. The maximum Gasteiger partial charge on any atom is 0.276 e. The topological polar surface area (TPSA) is 71.0 Å². The Morgan fingerprint density at radius 3 is 3.09 bits per heavy atom. The van der Waals surface area contributed by atoms with Crippen LogP contribution >= 0.6 is 12.2 Å². The van der Waals surface area contributed by atoms with Crippen LogP contribution < -0.4 is 10.1 Å². The molecule has 2 saturated heterocycles. The van der Waals surface area contributed by atoms with Gasteiger partial charge in [-0.15, -0.1) is 0 Å². The summed E-state index contributed by atoms with van der Waals surface area (Å²) < 4.78 is 10.6. The molecule has 2 heterocycles. The largest absolute Gasteiger partial charge is 0.504 e. The van der Waals surface area contributed by atoms with Crippen LogP contribution in [0.25, 0.3) is 6.08 Å². The number of methoxy groups -OCH3 is 1. The molecule has 1 aromatic rings. The van der Waals surface area contributed by atoms with Crippen molar-refractivity contribution in [2.45, 2.75) is 18.9 Å². The molecule has 2 aliphatic heterocycles. The second-order valence-electron chi connectivity index (χ2n) is 5.47. The van der Waals surface area contributed by atoms with Gasteiger partial charge in [0.2, 0.25) is 0 Å². The van der Waals surface area contributed by atoms with Crippen molar-refractivity contribution >= 4 is 29.3 Å². The van der Waals surface area contributed by atoms with Crippen molar-refractivity contribution in [3.63, 3.8) is 0 Å². The first kappa shape index (κ1) is 15.8. The van der Waals surface area contributed by atoms with Crippen molar-refractivity contribution in [3.8, 4) is 11.5 Å². The number of carbonyl (C=O) groups is 1. The molecule has 0 saturated carbocycles. The van der Waals surface area contributed by atoms with Gasteiger partial charge in [0, 0.05) is 6.61 Å². The van der Waals surface area contributed by atoms with Gasteiger partial charge in [0.1, 0.15) is 5.70 Å². The van der Waals surface area contributed by atoms with E-state index in [0.29, 0.717) is 23.1 Å². The smallest absolute Gasteiger partial charge is 0.276 e. The summed E-state index contributed by atoms with van der Waals surface area (Å²) >= 11 is 5.25. The molecule has 0 radical (unpaired) electrons. The highest BCUT2D eigenvalue weighted by molar-refractivity contribution is 7.80. The summed E-state index contributed by atoms with van der Waals surface area (Å²) in [5.74, 6) is 0.233. The highest BCUT2D eigenvalue weighted by Gasteiger charge is 2.33. The molecule has 1 atom stereocenters. The molecule has 2 fully saturated rings. The molecular formula is C16H18N2O4S. The minimum absolute atomic E-state index is 0.0480. The highest BCUT2D eigenvalue weighted by atomic mass is 32.1.